The molecule has 0 unspecified atom stereocenters. The first-order valence-electron chi connectivity index (χ1n) is 7.29. The van der Waals surface area contributed by atoms with Crippen LogP contribution in [-0.4, -0.2) is 12.2 Å². The molecule has 0 bridgehead atoms. The maximum Gasteiger partial charge on any atom is 0.143 e. The normalized spacial score (nSPS) is 14.0. The summed E-state index contributed by atoms with van der Waals surface area (Å²) in [6.07, 6.45) is 3.90. The van der Waals surface area contributed by atoms with Crippen molar-refractivity contribution in [3.63, 3.8) is 0 Å². The van der Waals surface area contributed by atoms with Gasteiger partial charge in [0.25, 0.3) is 0 Å². The number of ether oxygens (including phenoxy) is 2. The molecule has 0 saturated heterocycles. The summed E-state index contributed by atoms with van der Waals surface area (Å²) in [6, 6.07) is 20.0. The van der Waals surface area contributed by atoms with Crippen LogP contribution in [0.1, 0.15) is 19.4 Å². The molecule has 0 aliphatic rings. The molecule has 0 amide bonds. The van der Waals surface area contributed by atoms with Crippen LogP contribution in [0.3, 0.4) is 0 Å². The van der Waals surface area contributed by atoms with Crippen molar-refractivity contribution in [2.24, 2.45) is 0 Å². The summed E-state index contributed by atoms with van der Waals surface area (Å²) in [4.78, 5) is 0. The lowest BCUT2D eigenvalue weighted by atomic mass is 10.2. The smallest absolute Gasteiger partial charge is 0.143 e. The first-order valence-corrected chi connectivity index (χ1v) is 7.29. The molecular formula is C19H22O2. The van der Waals surface area contributed by atoms with E-state index in [9.17, 15) is 0 Å². The van der Waals surface area contributed by atoms with Crippen LogP contribution in [0.2, 0.25) is 0 Å². The van der Waals surface area contributed by atoms with Gasteiger partial charge in [-0.2, -0.15) is 0 Å². The molecule has 0 aliphatic carbocycles. The fraction of sp³-hybridized carbons (Fsp3) is 0.263. The van der Waals surface area contributed by atoms with Gasteiger partial charge in [0.2, 0.25) is 0 Å². The summed E-state index contributed by atoms with van der Waals surface area (Å²) >= 11 is 0. The summed E-state index contributed by atoms with van der Waals surface area (Å²) < 4.78 is 11.9. The van der Waals surface area contributed by atoms with Crippen molar-refractivity contribution in [1.29, 1.82) is 0 Å². The number of rotatable bonds is 7. The fourth-order valence-corrected chi connectivity index (χ4v) is 2.03. The second-order valence-electron chi connectivity index (χ2n) is 4.92. The third kappa shape index (κ3) is 5.09. The van der Waals surface area contributed by atoms with Crippen molar-refractivity contribution in [1.82, 2.24) is 0 Å². The SMILES string of the molecule is C/C=C/[C@@H](Oc1ccccc1)[C@H](C)OCc1ccccc1. The molecule has 2 nitrogen and oxygen atoms in total. The van der Waals surface area contributed by atoms with Gasteiger partial charge in [0.15, 0.2) is 0 Å². The molecule has 0 aromatic heterocycles. The molecular weight excluding hydrogens is 260 g/mol. The maximum atomic E-state index is 5.99. The minimum atomic E-state index is -0.0962. The molecule has 0 fully saturated rings. The molecule has 21 heavy (non-hydrogen) atoms. The largest absolute Gasteiger partial charge is 0.484 e. The lowest BCUT2D eigenvalue weighted by molar-refractivity contribution is -0.00579. The van der Waals surface area contributed by atoms with Crippen molar-refractivity contribution in [3.8, 4) is 5.75 Å². The monoisotopic (exact) mass is 282 g/mol. The van der Waals surface area contributed by atoms with Gasteiger partial charge >= 0.3 is 0 Å². The van der Waals surface area contributed by atoms with Gasteiger partial charge in [-0.3, -0.25) is 0 Å². The van der Waals surface area contributed by atoms with Gasteiger partial charge in [-0.15, -0.1) is 0 Å². The highest BCUT2D eigenvalue weighted by molar-refractivity contribution is 5.22. The molecule has 0 aliphatic heterocycles. The first kappa shape index (κ1) is 15.3. The third-order valence-corrected chi connectivity index (χ3v) is 3.22. The van der Waals surface area contributed by atoms with Gasteiger partial charge < -0.3 is 9.47 Å². The van der Waals surface area contributed by atoms with E-state index in [1.54, 1.807) is 0 Å². The Labute approximate surface area is 127 Å². The lowest BCUT2D eigenvalue weighted by Gasteiger charge is -2.23. The van der Waals surface area contributed by atoms with Crippen molar-refractivity contribution >= 4 is 0 Å². The van der Waals surface area contributed by atoms with E-state index in [0.29, 0.717) is 6.61 Å². The van der Waals surface area contributed by atoms with E-state index in [1.165, 1.54) is 5.56 Å². The Morgan fingerprint density at radius 2 is 1.57 bits per heavy atom. The van der Waals surface area contributed by atoms with Crippen molar-refractivity contribution in [2.45, 2.75) is 32.7 Å². The zero-order chi connectivity index (χ0) is 14.9. The number of hydrogen-bond acceptors (Lipinski definition) is 2. The summed E-state index contributed by atoms with van der Waals surface area (Å²) in [5, 5.41) is 0. The summed E-state index contributed by atoms with van der Waals surface area (Å²) in [7, 11) is 0. The zero-order valence-electron chi connectivity index (χ0n) is 12.6. The third-order valence-electron chi connectivity index (χ3n) is 3.22. The van der Waals surface area contributed by atoms with E-state index in [1.807, 2.05) is 74.5 Å². The van der Waals surface area contributed by atoms with Crippen LogP contribution in [0.25, 0.3) is 0 Å². The summed E-state index contributed by atoms with van der Waals surface area (Å²) in [6.45, 7) is 4.62. The van der Waals surface area contributed by atoms with Gasteiger partial charge in [-0.1, -0.05) is 54.6 Å². The Morgan fingerprint density at radius 3 is 2.19 bits per heavy atom. The first-order chi connectivity index (χ1) is 10.3. The Hall–Kier alpha value is -2.06. The van der Waals surface area contributed by atoms with Crippen LogP contribution in [0.5, 0.6) is 5.75 Å². The van der Waals surface area contributed by atoms with Crippen molar-refractivity contribution in [2.75, 3.05) is 0 Å². The molecule has 2 aromatic carbocycles. The highest BCUT2D eigenvalue weighted by Gasteiger charge is 2.16. The Kier molecular flexibility index (Phi) is 6.04. The molecule has 0 spiro atoms. The number of benzene rings is 2. The van der Waals surface area contributed by atoms with E-state index in [-0.39, 0.29) is 12.2 Å². The molecule has 110 valence electrons. The topological polar surface area (TPSA) is 18.5 Å². The second-order valence-corrected chi connectivity index (χ2v) is 4.92. The van der Waals surface area contributed by atoms with Crippen LogP contribution >= 0.6 is 0 Å². The van der Waals surface area contributed by atoms with Gasteiger partial charge in [0, 0.05) is 0 Å². The maximum absolute atomic E-state index is 5.99. The van der Waals surface area contributed by atoms with Gasteiger partial charge in [-0.05, 0) is 37.6 Å². The van der Waals surface area contributed by atoms with E-state index < -0.39 is 0 Å². The minimum Gasteiger partial charge on any atom is -0.484 e. The summed E-state index contributed by atoms with van der Waals surface area (Å²) in [5.74, 6) is 0.857. The number of allylic oxidation sites excluding steroid dienone is 1. The quantitative estimate of drug-likeness (QED) is 0.690. The van der Waals surface area contributed by atoms with E-state index in [0.717, 1.165) is 5.75 Å². The second kappa shape index (κ2) is 8.28. The summed E-state index contributed by atoms with van der Waals surface area (Å²) in [5.41, 5.74) is 1.17. The predicted octanol–water partition coefficient (Wildman–Crippen LogP) is 4.62. The van der Waals surface area contributed by atoms with Gasteiger partial charge in [0.1, 0.15) is 11.9 Å². The fourth-order valence-electron chi connectivity index (χ4n) is 2.03. The number of hydrogen-bond donors (Lipinski definition) is 0. The van der Waals surface area contributed by atoms with E-state index >= 15 is 0 Å². The van der Waals surface area contributed by atoms with Crippen molar-refractivity contribution in [3.05, 3.63) is 78.4 Å². The van der Waals surface area contributed by atoms with Crippen LogP contribution in [0, 0.1) is 0 Å². The zero-order valence-corrected chi connectivity index (χ0v) is 12.6. The molecule has 0 saturated carbocycles. The van der Waals surface area contributed by atoms with Gasteiger partial charge in [-0.25, -0.2) is 0 Å². The van der Waals surface area contributed by atoms with Crippen LogP contribution in [-0.2, 0) is 11.3 Å². The van der Waals surface area contributed by atoms with Crippen LogP contribution in [0.15, 0.2) is 72.8 Å². The molecule has 0 heterocycles. The highest BCUT2D eigenvalue weighted by atomic mass is 16.5. The van der Waals surface area contributed by atoms with Gasteiger partial charge in [0.05, 0.1) is 12.7 Å². The minimum absolute atomic E-state index is 0.0263. The van der Waals surface area contributed by atoms with Crippen LogP contribution < -0.4 is 4.74 Å². The molecule has 2 atom stereocenters. The van der Waals surface area contributed by atoms with Crippen LogP contribution in [0.4, 0.5) is 0 Å². The highest BCUT2D eigenvalue weighted by Crippen LogP contribution is 2.16. The molecule has 2 rings (SSSR count). The molecule has 2 heteroatoms. The molecule has 0 N–H and O–H groups in total. The Morgan fingerprint density at radius 1 is 0.952 bits per heavy atom. The predicted molar refractivity (Wildman–Crippen MR) is 86.4 cm³/mol. The van der Waals surface area contributed by atoms with E-state index in [2.05, 4.69) is 12.1 Å². The average Bonchev–Trinajstić information content (AvgIpc) is 2.54. The van der Waals surface area contributed by atoms with E-state index in [4.69, 9.17) is 9.47 Å². The average molecular weight is 282 g/mol. The standard InChI is InChI=1S/C19H22O2/c1-3-10-19(21-18-13-8-5-9-14-18)16(2)20-15-17-11-6-4-7-12-17/h3-14,16,19H,15H2,1-2H3/b10-3+/t16-,19+/m0/s1. The molecule has 2 aromatic rings. The lowest BCUT2D eigenvalue weighted by Crippen LogP contribution is -2.29. The Balaban J connectivity index is 1.94. The number of para-hydroxylation sites is 1. The Bertz CT molecular complexity index is 534. The van der Waals surface area contributed by atoms with Crippen molar-refractivity contribution < 1.29 is 9.47 Å². The molecule has 0 radical (unpaired) electrons.